The van der Waals surface area contributed by atoms with Gasteiger partial charge in [-0.1, -0.05) is 22.0 Å². The second-order valence-corrected chi connectivity index (χ2v) is 4.28. The molecule has 1 aromatic heterocycles. The summed E-state index contributed by atoms with van der Waals surface area (Å²) < 4.78 is 29.9. The molecule has 0 aliphatic carbocycles. The highest BCUT2D eigenvalue weighted by Gasteiger charge is 2.14. The van der Waals surface area contributed by atoms with Crippen LogP contribution in [0.2, 0.25) is 0 Å². The molecule has 3 nitrogen and oxygen atoms in total. The molecule has 1 rings (SSSR count). The molecule has 1 aromatic rings. The van der Waals surface area contributed by atoms with Gasteiger partial charge >= 0.3 is 0 Å². The zero-order valence-corrected chi connectivity index (χ0v) is 11.2. The van der Waals surface area contributed by atoms with Crippen molar-refractivity contribution in [3.05, 3.63) is 23.9 Å². The second kappa shape index (κ2) is 7.55. The van der Waals surface area contributed by atoms with Gasteiger partial charge in [-0.05, 0) is 6.07 Å². The van der Waals surface area contributed by atoms with Crippen molar-refractivity contribution in [2.75, 3.05) is 25.5 Å². The molecule has 0 saturated heterocycles. The molecular formula is C11H15BrF2N2O. The van der Waals surface area contributed by atoms with Gasteiger partial charge in [-0.3, -0.25) is 4.90 Å². The highest BCUT2D eigenvalue weighted by atomic mass is 79.9. The molecule has 0 N–H and O–H groups in total. The summed E-state index contributed by atoms with van der Waals surface area (Å²) in [5.41, 5.74) is 0.816. The molecule has 0 unspecified atom stereocenters. The van der Waals surface area contributed by atoms with Gasteiger partial charge in [0.1, 0.15) is 0 Å². The summed E-state index contributed by atoms with van der Waals surface area (Å²) in [5, 5.41) is 0.655. The minimum atomic E-state index is -2.34. The summed E-state index contributed by atoms with van der Waals surface area (Å²) >= 11 is 3.26. The summed E-state index contributed by atoms with van der Waals surface area (Å²) in [6.07, 6.45) is -0.721. The van der Waals surface area contributed by atoms with Crippen molar-refractivity contribution >= 4 is 15.9 Å². The molecule has 96 valence electrons. The summed E-state index contributed by atoms with van der Waals surface area (Å²) in [4.78, 5) is 5.71. The maximum Gasteiger partial charge on any atom is 0.251 e. The van der Waals surface area contributed by atoms with E-state index in [0.29, 0.717) is 24.3 Å². The summed E-state index contributed by atoms with van der Waals surface area (Å²) in [6.45, 7) is 0.721. The fourth-order valence-electron chi connectivity index (χ4n) is 1.52. The van der Waals surface area contributed by atoms with Crippen LogP contribution >= 0.6 is 15.9 Å². The first-order valence-corrected chi connectivity index (χ1v) is 6.34. The molecule has 0 aromatic carbocycles. The molecule has 0 aliphatic heterocycles. The number of alkyl halides is 3. The van der Waals surface area contributed by atoms with E-state index in [4.69, 9.17) is 4.74 Å². The van der Waals surface area contributed by atoms with Crippen molar-refractivity contribution in [2.24, 2.45) is 0 Å². The Labute approximate surface area is 108 Å². The Kier molecular flexibility index (Phi) is 6.36. The van der Waals surface area contributed by atoms with Gasteiger partial charge in [-0.25, -0.2) is 13.8 Å². The first-order valence-electron chi connectivity index (χ1n) is 5.21. The third kappa shape index (κ3) is 4.95. The van der Waals surface area contributed by atoms with Gasteiger partial charge in [-0.2, -0.15) is 0 Å². The summed E-state index contributed by atoms with van der Waals surface area (Å²) in [6, 6.07) is 3.60. The maximum absolute atomic E-state index is 12.4. The van der Waals surface area contributed by atoms with E-state index in [1.165, 1.54) is 7.11 Å². The van der Waals surface area contributed by atoms with Crippen LogP contribution in [0.4, 0.5) is 8.78 Å². The number of aromatic nitrogens is 1. The third-order valence-electron chi connectivity index (χ3n) is 2.23. The first kappa shape index (κ1) is 14.3. The molecule has 0 atom stereocenters. The van der Waals surface area contributed by atoms with Gasteiger partial charge in [-0.15, -0.1) is 0 Å². The molecular weight excluding hydrogens is 294 g/mol. The number of pyridine rings is 1. The van der Waals surface area contributed by atoms with Crippen LogP contribution in [0.3, 0.4) is 0 Å². The zero-order chi connectivity index (χ0) is 12.7. The van der Waals surface area contributed by atoms with Crippen LogP contribution in [0.1, 0.15) is 5.56 Å². The van der Waals surface area contributed by atoms with Crippen molar-refractivity contribution < 1.29 is 13.5 Å². The van der Waals surface area contributed by atoms with Crippen LogP contribution < -0.4 is 4.74 Å². The lowest BCUT2D eigenvalue weighted by Crippen LogP contribution is -2.30. The highest BCUT2D eigenvalue weighted by molar-refractivity contribution is 9.09. The van der Waals surface area contributed by atoms with Gasteiger partial charge in [0.2, 0.25) is 5.88 Å². The van der Waals surface area contributed by atoms with Crippen LogP contribution in [0.15, 0.2) is 18.3 Å². The van der Waals surface area contributed by atoms with E-state index >= 15 is 0 Å². The molecule has 17 heavy (non-hydrogen) atoms. The van der Waals surface area contributed by atoms with Gasteiger partial charge in [0.15, 0.2) is 0 Å². The standard InChI is InChI=1S/C11H15BrF2N2O/c1-17-11-9(3-2-5-15-11)7-16(6-4-12)8-10(13)14/h2-3,5,10H,4,6-8H2,1H3. The average Bonchev–Trinajstić information content (AvgIpc) is 2.29. The number of nitrogens with zero attached hydrogens (tertiary/aromatic N) is 2. The topological polar surface area (TPSA) is 25.4 Å². The van der Waals surface area contributed by atoms with E-state index in [1.807, 2.05) is 6.07 Å². The fourth-order valence-corrected chi connectivity index (χ4v) is 2.02. The summed E-state index contributed by atoms with van der Waals surface area (Å²) in [5.74, 6) is 0.487. The van der Waals surface area contributed by atoms with Crippen LogP contribution in [-0.2, 0) is 6.54 Å². The van der Waals surface area contributed by atoms with Gasteiger partial charge < -0.3 is 4.74 Å². The monoisotopic (exact) mass is 308 g/mol. The van der Waals surface area contributed by atoms with E-state index < -0.39 is 6.43 Å². The number of halogens is 3. The van der Waals surface area contributed by atoms with Crippen molar-refractivity contribution in [1.29, 1.82) is 0 Å². The predicted molar refractivity (Wildman–Crippen MR) is 65.9 cm³/mol. The van der Waals surface area contributed by atoms with Crippen molar-refractivity contribution in [3.63, 3.8) is 0 Å². The van der Waals surface area contributed by atoms with E-state index in [9.17, 15) is 8.78 Å². The predicted octanol–water partition coefficient (Wildman–Crippen LogP) is 2.55. The number of rotatable bonds is 7. The van der Waals surface area contributed by atoms with Gasteiger partial charge in [0.25, 0.3) is 6.43 Å². The Hall–Kier alpha value is -0.750. The fraction of sp³-hybridized carbons (Fsp3) is 0.545. The molecule has 0 bridgehead atoms. The van der Waals surface area contributed by atoms with Crippen LogP contribution in [0.5, 0.6) is 5.88 Å². The highest BCUT2D eigenvalue weighted by Crippen LogP contribution is 2.16. The zero-order valence-electron chi connectivity index (χ0n) is 9.57. The Morgan fingerprint density at radius 2 is 2.29 bits per heavy atom. The second-order valence-electron chi connectivity index (χ2n) is 3.49. The van der Waals surface area contributed by atoms with Crippen LogP contribution in [-0.4, -0.2) is 41.8 Å². The third-order valence-corrected chi connectivity index (χ3v) is 2.59. The number of hydrogen-bond donors (Lipinski definition) is 0. The number of ether oxygens (including phenoxy) is 1. The van der Waals surface area contributed by atoms with Crippen molar-refractivity contribution in [3.8, 4) is 5.88 Å². The Bertz CT molecular complexity index is 339. The normalized spacial score (nSPS) is 11.2. The maximum atomic E-state index is 12.4. The lowest BCUT2D eigenvalue weighted by Gasteiger charge is -2.21. The van der Waals surface area contributed by atoms with Gasteiger partial charge in [0, 0.05) is 30.2 Å². The smallest absolute Gasteiger partial charge is 0.251 e. The SMILES string of the molecule is COc1ncccc1CN(CCBr)CC(F)F. The molecule has 0 fully saturated rings. The van der Waals surface area contributed by atoms with Crippen LogP contribution in [0.25, 0.3) is 0 Å². The molecule has 1 heterocycles. The summed E-state index contributed by atoms with van der Waals surface area (Å²) in [7, 11) is 1.52. The Morgan fingerprint density at radius 3 is 2.88 bits per heavy atom. The molecule has 0 radical (unpaired) electrons. The van der Waals surface area contributed by atoms with E-state index in [0.717, 1.165) is 5.56 Å². The molecule has 0 amide bonds. The van der Waals surface area contributed by atoms with E-state index in [2.05, 4.69) is 20.9 Å². The van der Waals surface area contributed by atoms with E-state index in [1.54, 1.807) is 17.2 Å². The average molecular weight is 309 g/mol. The first-order chi connectivity index (χ1) is 8.17. The minimum Gasteiger partial charge on any atom is -0.481 e. The Balaban J connectivity index is 2.70. The van der Waals surface area contributed by atoms with Crippen LogP contribution in [0, 0.1) is 0 Å². The Morgan fingerprint density at radius 1 is 1.53 bits per heavy atom. The largest absolute Gasteiger partial charge is 0.481 e. The van der Waals surface area contributed by atoms with Crippen molar-refractivity contribution in [1.82, 2.24) is 9.88 Å². The molecule has 0 aliphatic rings. The van der Waals surface area contributed by atoms with Crippen molar-refractivity contribution in [2.45, 2.75) is 13.0 Å². The molecule has 6 heteroatoms. The van der Waals surface area contributed by atoms with Gasteiger partial charge in [0.05, 0.1) is 13.7 Å². The minimum absolute atomic E-state index is 0.246. The molecule has 0 saturated carbocycles. The lowest BCUT2D eigenvalue weighted by atomic mass is 10.2. The number of methoxy groups -OCH3 is 1. The molecule has 0 spiro atoms. The quantitative estimate of drug-likeness (QED) is 0.724. The lowest BCUT2D eigenvalue weighted by molar-refractivity contribution is 0.0876. The van der Waals surface area contributed by atoms with E-state index in [-0.39, 0.29) is 6.54 Å². The number of hydrogen-bond acceptors (Lipinski definition) is 3.